The molecule has 0 fully saturated rings. The highest BCUT2D eigenvalue weighted by atomic mass is 32.2. The van der Waals surface area contributed by atoms with Crippen LogP contribution in [0.4, 0.5) is 17.1 Å². The van der Waals surface area contributed by atoms with Crippen LogP contribution in [0, 0.1) is 0 Å². The number of nitrogens with one attached hydrogen (secondary N) is 4. The van der Waals surface area contributed by atoms with Gasteiger partial charge in [-0.05, 0) is 96.4 Å². The van der Waals surface area contributed by atoms with Gasteiger partial charge in [0.05, 0.1) is 48.6 Å². The molecule has 56 heavy (non-hydrogen) atoms. The largest absolute Gasteiger partial charge is 0.494 e. The number of rotatable bonds is 9. The van der Waals surface area contributed by atoms with Gasteiger partial charge in [-0.25, -0.2) is 18.1 Å². The molecule has 0 spiro atoms. The second kappa shape index (κ2) is 15.5. The molecule has 5 N–H and O–H groups in total. The number of hydrogen-bond donors (Lipinski definition) is 5. The minimum atomic E-state index is -3.66. The van der Waals surface area contributed by atoms with Gasteiger partial charge < -0.3 is 20.1 Å². The monoisotopic (exact) mass is 779 g/mol. The molecular formula is C41H33N9O4S2. The molecule has 0 saturated carbocycles. The first kappa shape index (κ1) is 36.2. The number of nitrogens with zero attached hydrogens (tertiary/aromatic N) is 5. The molecule has 0 aliphatic carbocycles. The predicted molar refractivity (Wildman–Crippen MR) is 222 cm³/mol. The third-order valence-electron chi connectivity index (χ3n) is 9.14. The van der Waals surface area contributed by atoms with Crippen molar-refractivity contribution in [2.24, 2.45) is 15.2 Å². The minimum Gasteiger partial charge on any atom is -0.494 e. The van der Waals surface area contributed by atoms with E-state index in [2.05, 4.69) is 51.8 Å². The number of benzene rings is 4. The van der Waals surface area contributed by atoms with Crippen molar-refractivity contribution in [3.05, 3.63) is 148 Å². The highest BCUT2D eigenvalue weighted by molar-refractivity contribution is 7.89. The average molecular weight is 780 g/mol. The maximum Gasteiger partial charge on any atom is 0.276 e. The molecular weight excluding hydrogens is 747 g/mol. The zero-order chi connectivity index (χ0) is 38.6. The molecule has 5 aromatic heterocycles. The van der Waals surface area contributed by atoms with E-state index in [1.807, 2.05) is 66.9 Å². The number of aromatic hydroxyl groups is 1. The number of hydrogen-bond acceptors (Lipinski definition) is 10. The summed E-state index contributed by atoms with van der Waals surface area (Å²) in [4.78, 5) is 34.1. The number of sulfonamides is 1. The summed E-state index contributed by atoms with van der Waals surface area (Å²) in [5.74, 6) is 0.0177. The number of aryl methyl sites for hydroxylation is 1. The van der Waals surface area contributed by atoms with Crippen LogP contribution in [0.15, 0.2) is 146 Å². The summed E-state index contributed by atoms with van der Waals surface area (Å²) in [6, 6.07) is 29.1. The first-order valence-corrected chi connectivity index (χ1v) is 19.9. The fourth-order valence-corrected chi connectivity index (χ4v) is 8.08. The molecule has 278 valence electrons. The molecule has 13 nitrogen and oxygen atoms in total. The molecule has 9 rings (SSSR count). The maximum atomic E-state index is 12.5. The van der Waals surface area contributed by atoms with Crippen LogP contribution in [-0.2, 0) is 23.0 Å². The average Bonchev–Trinajstić information content (AvgIpc) is 3.93. The lowest BCUT2D eigenvalue weighted by atomic mass is 10.1. The predicted octanol–water partition coefficient (Wildman–Crippen LogP) is 9.09. The number of thiazole rings is 1. The van der Waals surface area contributed by atoms with Crippen molar-refractivity contribution in [3.63, 3.8) is 0 Å². The van der Waals surface area contributed by atoms with Crippen molar-refractivity contribution in [2.45, 2.75) is 24.8 Å². The van der Waals surface area contributed by atoms with E-state index in [1.54, 1.807) is 48.4 Å². The van der Waals surface area contributed by atoms with E-state index in [4.69, 9.17) is 0 Å². The zero-order valence-corrected chi connectivity index (χ0v) is 31.4. The van der Waals surface area contributed by atoms with E-state index in [-0.39, 0.29) is 22.9 Å². The van der Waals surface area contributed by atoms with E-state index in [9.17, 15) is 18.3 Å². The quantitative estimate of drug-likeness (QED) is 0.0716. The van der Waals surface area contributed by atoms with E-state index in [1.165, 1.54) is 29.0 Å². The molecule has 9 aromatic rings. The van der Waals surface area contributed by atoms with Crippen LogP contribution in [0.5, 0.6) is 5.88 Å². The SMILES string of the molecule is CCc1ccc(N=Nc2c(=O)[nH]c3ccc4[nH]cccc4c23)cc1.O=S(=O)(NCc1ccncc1)c1ccc(N=Cc2c(O)[nH]c3ccc4ncsc4c23)cc1. The van der Waals surface area contributed by atoms with Gasteiger partial charge in [-0.1, -0.05) is 25.1 Å². The fraction of sp³-hybridized carbons (Fsp3) is 0.0732. The molecule has 0 unspecified atom stereocenters. The molecule has 0 bridgehead atoms. The zero-order valence-electron chi connectivity index (χ0n) is 29.8. The molecule has 0 aliphatic rings. The number of aliphatic imine (C=N–C) groups is 1. The van der Waals surface area contributed by atoms with Crippen LogP contribution in [0.1, 0.15) is 23.6 Å². The van der Waals surface area contributed by atoms with Gasteiger partial charge in [0.25, 0.3) is 5.56 Å². The topological polar surface area (TPSA) is 194 Å². The Balaban J connectivity index is 0.000000164. The van der Waals surface area contributed by atoms with Gasteiger partial charge in [0.15, 0.2) is 11.6 Å². The molecule has 5 heterocycles. The third-order valence-corrected chi connectivity index (χ3v) is 11.4. The number of pyridine rings is 2. The van der Waals surface area contributed by atoms with Gasteiger partial charge in [0.1, 0.15) is 0 Å². The van der Waals surface area contributed by atoms with Crippen LogP contribution in [0.25, 0.3) is 42.9 Å². The van der Waals surface area contributed by atoms with Gasteiger partial charge in [0, 0.05) is 53.0 Å². The van der Waals surface area contributed by atoms with Crippen molar-refractivity contribution in [1.29, 1.82) is 0 Å². The Bertz CT molecular complexity index is 3060. The summed E-state index contributed by atoms with van der Waals surface area (Å²) in [7, 11) is -3.66. The summed E-state index contributed by atoms with van der Waals surface area (Å²) in [6.07, 6.45) is 7.63. The van der Waals surface area contributed by atoms with Crippen LogP contribution in [-0.4, -0.2) is 44.7 Å². The van der Waals surface area contributed by atoms with Crippen LogP contribution in [0.2, 0.25) is 0 Å². The minimum absolute atomic E-state index is 0.0177. The Morgan fingerprint density at radius 1 is 0.821 bits per heavy atom. The summed E-state index contributed by atoms with van der Waals surface area (Å²) in [5.41, 5.74) is 9.15. The lowest BCUT2D eigenvalue weighted by Gasteiger charge is -2.07. The van der Waals surface area contributed by atoms with Gasteiger partial charge in [-0.2, -0.15) is 5.11 Å². The Labute approximate surface area is 323 Å². The molecule has 4 aromatic carbocycles. The summed E-state index contributed by atoms with van der Waals surface area (Å²) >= 11 is 1.49. The van der Waals surface area contributed by atoms with Crippen molar-refractivity contribution in [2.75, 3.05) is 0 Å². The van der Waals surface area contributed by atoms with Crippen molar-refractivity contribution >= 4 is 87.6 Å². The summed E-state index contributed by atoms with van der Waals surface area (Å²) in [6.45, 7) is 2.28. The van der Waals surface area contributed by atoms with Gasteiger partial charge >= 0.3 is 0 Å². The van der Waals surface area contributed by atoms with E-state index in [0.717, 1.165) is 60.6 Å². The van der Waals surface area contributed by atoms with Gasteiger partial charge in [0.2, 0.25) is 10.0 Å². The number of fused-ring (bicyclic) bond motifs is 6. The number of azo groups is 1. The summed E-state index contributed by atoms with van der Waals surface area (Å²) < 4.78 is 28.6. The molecule has 0 saturated heterocycles. The first-order chi connectivity index (χ1) is 27.3. The number of aromatic nitrogens is 5. The Morgan fingerprint density at radius 3 is 2.34 bits per heavy atom. The second-order valence-corrected chi connectivity index (χ2v) is 15.3. The molecule has 0 radical (unpaired) electrons. The lowest BCUT2D eigenvalue weighted by Crippen LogP contribution is -2.23. The van der Waals surface area contributed by atoms with Crippen LogP contribution < -0.4 is 10.3 Å². The van der Waals surface area contributed by atoms with Crippen LogP contribution >= 0.6 is 11.3 Å². The molecule has 0 atom stereocenters. The lowest BCUT2D eigenvalue weighted by molar-refractivity contribution is 0.457. The third kappa shape index (κ3) is 7.46. The van der Waals surface area contributed by atoms with Crippen molar-refractivity contribution in [1.82, 2.24) is 29.6 Å². The number of aromatic amines is 3. The second-order valence-electron chi connectivity index (χ2n) is 12.7. The highest BCUT2D eigenvalue weighted by Gasteiger charge is 2.16. The van der Waals surface area contributed by atoms with E-state index >= 15 is 0 Å². The van der Waals surface area contributed by atoms with E-state index < -0.39 is 10.0 Å². The maximum absolute atomic E-state index is 12.5. The van der Waals surface area contributed by atoms with Crippen LogP contribution in [0.3, 0.4) is 0 Å². The summed E-state index contributed by atoms with van der Waals surface area (Å²) in [5, 5.41) is 21.4. The van der Waals surface area contributed by atoms with Crippen molar-refractivity contribution in [3.8, 4) is 5.88 Å². The number of H-pyrrole nitrogens is 3. The fourth-order valence-electron chi connectivity index (χ4n) is 6.21. The Hall–Kier alpha value is -6.81. The first-order valence-electron chi connectivity index (χ1n) is 17.5. The smallest absolute Gasteiger partial charge is 0.276 e. The van der Waals surface area contributed by atoms with Crippen molar-refractivity contribution < 1.29 is 13.5 Å². The standard InChI is InChI=1S/C22H17N5O3S2.C19H16N4O/c28-22-17(20-18(27-22)5-6-19-21(20)31-13-25-19)12-24-15-1-3-16(4-2-15)32(29,30)26-11-14-7-9-23-10-8-14;1-2-12-5-7-13(8-6-12)22-23-18-17-14-4-3-11-20-15(14)9-10-16(17)21-19(18)24/h1-10,12-13,26-28H,11H2;3-11,20H,2H2,1H3,(H,21,24). The highest BCUT2D eigenvalue weighted by Crippen LogP contribution is 2.35. The Kier molecular flexibility index (Phi) is 10.0. The molecule has 0 aliphatic heterocycles. The van der Waals surface area contributed by atoms with Gasteiger partial charge in [-0.3, -0.25) is 14.8 Å². The van der Waals surface area contributed by atoms with Gasteiger partial charge in [-0.15, -0.1) is 16.5 Å². The Morgan fingerprint density at radius 2 is 1.55 bits per heavy atom. The van der Waals surface area contributed by atoms with E-state index in [0.29, 0.717) is 16.9 Å². The normalized spacial score (nSPS) is 12.0. The molecule has 15 heteroatoms. The molecule has 0 amide bonds.